The lowest BCUT2D eigenvalue weighted by molar-refractivity contribution is -0.154. The summed E-state index contributed by atoms with van der Waals surface area (Å²) < 4.78 is 16.2. The van der Waals surface area contributed by atoms with Crippen molar-refractivity contribution in [2.24, 2.45) is 5.41 Å². The van der Waals surface area contributed by atoms with Crippen molar-refractivity contribution in [3.63, 3.8) is 0 Å². The minimum Gasteiger partial charge on any atom is -0.468 e. The molecule has 0 heterocycles. The predicted octanol–water partition coefficient (Wildman–Crippen LogP) is 4.86. The normalized spacial score (nSPS) is 12.6. The van der Waals surface area contributed by atoms with Crippen molar-refractivity contribution in [1.82, 2.24) is 5.32 Å². The van der Waals surface area contributed by atoms with Crippen LogP contribution in [0.3, 0.4) is 0 Å². The number of halogens is 1. The minimum atomic E-state index is -1.30. The van der Waals surface area contributed by atoms with Crippen molar-refractivity contribution < 1.29 is 28.6 Å². The number of esters is 2. The fraction of sp³-hybridized carbons (Fsp3) is 0.591. The maximum absolute atomic E-state index is 12.3. The Balaban J connectivity index is 2.79. The topological polar surface area (TPSA) is 90.9 Å². The number of methoxy groups -OCH3 is 1. The number of alkyl carbamates (subject to hydrolysis) is 1. The number of amides is 1. The van der Waals surface area contributed by atoms with Gasteiger partial charge in [-0.1, -0.05) is 47.7 Å². The molecular formula is C22H34BrNO6Si. The third kappa shape index (κ3) is 9.86. The van der Waals surface area contributed by atoms with Crippen molar-refractivity contribution in [2.45, 2.75) is 59.0 Å². The first-order valence-electron chi connectivity index (χ1n) is 10.2. The number of hydrogen-bond donors (Lipinski definition) is 1. The van der Waals surface area contributed by atoms with Gasteiger partial charge in [0.05, 0.1) is 25.0 Å². The van der Waals surface area contributed by atoms with Crippen molar-refractivity contribution in [1.29, 1.82) is 0 Å². The van der Waals surface area contributed by atoms with Gasteiger partial charge in [-0.25, -0.2) is 4.79 Å². The average molecular weight is 517 g/mol. The zero-order valence-corrected chi connectivity index (χ0v) is 22.1. The van der Waals surface area contributed by atoms with Crippen LogP contribution in [0.2, 0.25) is 25.7 Å². The van der Waals surface area contributed by atoms with Gasteiger partial charge in [0.1, 0.15) is 6.61 Å². The van der Waals surface area contributed by atoms with Crippen LogP contribution in [0.5, 0.6) is 0 Å². The molecular weight excluding hydrogens is 482 g/mol. The molecule has 0 saturated carbocycles. The average Bonchev–Trinajstić information content (AvgIpc) is 2.65. The van der Waals surface area contributed by atoms with E-state index in [1.807, 2.05) is 0 Å². The maximum atomic E-state index is 12.3. The van der Waals surface area contributed by atoms with Crippen LogP contribution in [-0.4, -0.2) is 46.4 Å². The number of hydrogen-bond acceptors (Lipinski definition) is 6. The largest absolute Gasteiger partial charge is 0.468 e. The van der Waals surface area contributed by atoms with Crippen LogP contribution < -0.4 is 5.32 Å². The zero-order chi connectivity index (χ0) is 23.8. The Morgan fingerprint density at radius 2 is 1.77 bits per heavy atom. The highest BCUT2D eigenvalue weighted by Crippen LogP contribution is 2.26. The van der Waals surface area contributed by atoms with E-state index in [0.717, 1.165) is 11.6 Å². The molecule has 174 valence electrons. The molecule has 0 saturated heterocycles. The van der Waals surface area contributed by atoms with E-state index in [-0.39, 0.29) is 19.1 Å². The molecule has 0 aliphatic heterocycles. The van der Waals surface area contributed by atoms with E-state index >= 15 is 0 Å². The van der Waals surface area contributed by atoms with Gasteiger partial charge in [-0.05, 0) is 38.4 Å². The van der Waals surface area contributed by atoms with Gasteiger partial charge in [0, 0.05) is 24.7 Å². The lowest BCUT2D eigenvalue weighted by Gasteiger charge is -2.19. The number of carbonyl (C=O) groups is 3. The van der Waals surface area contributed by atoms with E-state index in [0.29, 0.717) is 16.6 Å². The Morgan fingerprint density at radius 3 is 2.29 bits per heavy atom. The lowest BCUT2D eigenvalue weighted by atomic mass is 9.97. The van der Waals surface area contributed by atoms with E-state index < -0.39 is 31.5 Å². The number of ether oxygens (including phenoxy) is 3. The quantitative estimate of drug-likeness (QED) is 0.287. The van der Waals surface area contributed by atoms with E-state index in [4.69, 9.17) is 14.2 Å². The third-order valence-corrected chi connectivity index (χ3v) is 6.91. The summed E-state index contributed by atoms with van der Waals surface area (Å²) in [4.78, 5) is 36.3. The van der Waals surface area contributed by atoms with Gasteiger partial charge in [-0.2, -0.15) is 0 Å². The SMILES string of the molecule is COC(=O)C(CNC(=O)OCC[Si](C)(C)C)c1ccc(COC(=O)C(C)(C)C)c(Br)c1. The summed E-state index contributed by atoms with van der Waals surface area (Å²) in [6.45, 7) is 12.5. The van der Waals surface area contributed by atoms with Crippen LogP contribution in [0.25, 0.3) is 0 Å². The molecule has 0 spiro atoms. The molecule has 9 heteroatoms. The molecule has 7 nitrogen and oxygen atoms in total. The minimum absolute atomic E-state index is 0.0449. The van der Waals surface area contributed by atoms with Crippen LogP contribution in [0, 0.1) is 5.41 Å². The standard InChI is InChI=1S/C22H34BrNO6Si/c1-22(2,3)20(26)30-14-16-9-8-15(12-18(16)23)17(19(25)28-4)13-24-21(27)29-10-11-31(5,6)7/h8-9,12,17H,10-11,13-14H2,1-7H3,(H,24,27). The molecule has 31 heavy (non-hydrogen) atoms. The molecule has 1 rings (SSSR count). The molecule has 0 aliphatic rings. The van der Waals surface area contributed by atoms with Crippen LogP contribution >= 0.6 is 15.9 Å². The fourth-order valence-corrected chi connectivity index (χ4v) is 3.65. The van der Waals surface area contributed by atoms with Gasteiger partial charge >= 0.3 is 18.0 Å². The third-order valence-electron chi connectivity index (χ3n) is 4.47. The summed E-state index contributed by atoms with van der Waals surface area (Å²) in [7, 11) is 0.00535. The molecule has 0 radical (unpaired) electrons. The van der Waals surface area contributed by atoms with Crippen LogP contribution in [0.1, 0.15) is 37.8 Å². The number of nitrogens with one attached hydrogen (secondary N) is 1. The first-order chi connectivity index (χ1) is 14.2. The Morgan fingerprint density at radius 1 is 1.13 bits per heavy atom. The highest BCUT2D eigenvalue weighted by molar-refractivity contribution is 9.10. The second kappa shape index (κ2) is 11.7. The van der Waals surface area contributed by atoms with E-state index in [2.05, 4.69) is 40.9 Å². The van der Waals surface area contributed by atoms with E-state index in [9.17, 15) is 14.4 Å². The van der Waals surface area contributed by atoms with Gasteiger partial charge in [0.15, 0.2) is 0 Å². The van der Waals surface area contributed by atoms with Gasteiger partial charge < -0.3 is 19.5 Å². The summed E-state index contributed by atoms with van der Waals surface area (Å²) in [5.74, 6) is -1.47. The molecule has 0 fully saturated rings. The van der Waals surface area contributed by atoms with Gasteiger partial charge in [0.2, 0.25) is 0 Å². The second-order valence-corrected chi connectivity index (χ2v) is 16.1. The van der Waals surface area contributed by atoms with Crippen molar-refractivity contribution in [3.8, 4) is 0 Å². The Bertz CT molecular complexity index is 785. The van der Waals surface area contributed by atoms with Gasteiger partial charge in [-0.3, -0.25) is 9.59 Å². The maximum Gasteiger partial charge on any atom is 0.407 e. The second-order valence-electron chi connectivity index (χ2n) is 9.58. The van der Waals surface area contributed by atoms with Crippen LogP contribution in [0.4, 0.5) is 4.79 Å². The lowest BCUT2D eigenvalue weighted by Crippen LogP contribution is -2.33. The summed E-state index contributed by atoms with van der Waals surface area (Å²) >= 11 is 3.47. The molecule has 1 amide bonds. The van der Waals surface area contributed by atoms with Crippen molar-refractivity contribution >= 4 is 42.0 Å². The highest BCUT2D eigenvalue weighted by Gasteiger charge is 2.25. The van der Waals surface area contributed by atoms with Gasteiger partial charge in [0.25, 0.3) is 0 Å². The number of carbonyl (C=O) groups excluding carboxylic acids is 3. The molecule has 0 aromatic heterocycles. The Labute approximate surface area is 194 Å². The Kier molecular flexibility index (Phi) is 10.2. The molecule has 0 aliphatic carbocycles. The molecule has 1 atom stereocenters. The number of rotatable bonds is 9. The van der Waals surface area contributed by atoms with Crippen LogP contribution in [-0.2, 0) is 30.4 Å². The molecule has 1 aromatic carbocycles. The van der Waals surface area contributed by atoms with E-state index in [1.165, 1.54) is 7.11 Å². The molecule has 0 bridgehead atoms. The monoisotopic (exact) mass is 515 g/mol. The Hall–Kier alpha value is -1.87. The summed E-state index contributed by atoms with van der Waals surface area (Å²) in [6.07, 6.45) is -0.558. The highest BCUT2D eigenvalue weighted by atomic mass is 79.9. The summed E-state index contributed by atoms with van der Waals surface area (Å²) in [5.41, 5.74) is 0.841. The number of benzene rings is 1. The fourth-order valence-electron chi connectivity index (χ4n) is 2.42. The smallest absolute Gasteiger partial charge is 0.407 e. The predicted molar refractivity (Wildman–Crippen MR) is 126 cm³/mol. The van der Waals surface area contributed by atoms with E-state index in [1.54, 1.807) is 39.0 Å². The first kappa shape index (κ1) is 27.2. The summed E-state index contributed by atoms with van der Waals surface area (Å²) in [6, 6.07) is 6.16. The summed E-state index contributed by atoms with van der Waals surface area (Å²) in [5, 5.41) is 2.64. The van der Waals surface area contributed by atoms with Gasteiger partial charge in [-0.15, -0.1) is 0 Å². The van der Waals surface area contributed by atoms with Crippen LogP contribution in [0.15, 0.2) is 22.7 Å². The first-order valence-corrected chi connectivity index (χ1v) is 14.7. The zero-order valence-electron chi connectivity index (χ0n) is 19.5. The molecule has 1 aromatic rings. The molecule has 1 N–H and O–H groups in total. The molecule has 1 unspecified atom stereocenters. The van der Waals surface area contributed by atoms with Crippen molar-refractivity contribution in [3.05, 3.63) is 33.8 Å². The van der Waals surface area contributed by atoms with Crippen molar-refractivity contribution in [2.75, 3.05) is 20.3 Å².